The van der Waals surface area contributed by atoms with Crippen molar-refractivity contribution >= 4 is 18.6 Å². The topological polar surface area (TPSA) is 27.6 Å². The Labute approximate surface area is 72.3 Å². The standard InChI is InChI=1S/C7H13N3S/c11-6-1-4-10(5-6)7-8-2-3-9-7/h6,11H,1-5H2,(H,8,9)/t6-/m0/s1. The second-order valence-electron chi connectivity index (χ2n) is 3.02. The molecule has 3 nitrogen and oxygen atoms in total. The molecule has 2 rings (SSSR count). The number of hydrogen-bond donors (Lipinski definition) is 2. The van der Waals surface area contributed by atoms with Gasteiger partial charge < -0.3 is 10.2 Å². The van der Waals surface area contributed by atoms with Crippen molar-refractivity contribution in [3.8, 4) is 0 Å². The first-order valence-corrected chi connectivity index (χ1v) is 4.59. The van der Waals surface area contributed by atoms with Gasteiger partial charge in [-0.2, -0.15) is 12.6 Å². The highest BCUT2D eigenvalue weighted by Crippen LogP contribution is 2.14. The second kappa shape index (κ2) is 2.93. The fourth-order valence-electron chi connectivity index (χ4n) is 1.53. The fourth-order valence-corrected chi connectivity index (χ4v) is 1.84. The van der Waals surface area contributed by atoms with E-state index in [1.54, 1.807) is 0 Å². The van der Waals surface area contributed by atoms with E-state index < -0.39 is 0 Å². The molecule has 1 fully saturated rings. The van der Waals surface area contributed by atoms with Crippen molar-refractivity contribution in [1.29, 1.82) is 0 Å². The van der Waals surface area contributed by atoms with Crippen molar-refractivity contribution in [3.63, 3.8) is 0 Å². The van der Waals surface area contributed by atoms with Crippen LogP contribution in [-0.4, -0.2) is 42.3 Å². The average molecular weight is 171 g/mol. The highest BCUT2D eigenvalue weighted by molar-refractivity contribution is 7.81. The van der Waals surface area contributed by atoms with Gasteiger partial charge in [0.05, 0.1) is 6.54 Å². The lowest BCUT2D eigenvalue weighted by molar-refractivity contribution is 0.506. The summed E-state index contributed by atoms with van der Waals surface area (Å²) in [6, 6.07) is 0. The number of guanidine groups is 1. The van der Waals surface area contributed by atoms with Gasteiger partial charge in [-0.05, 0) is 6.42 Å². The third-order valence-corrected chi connectivity index (χ3v) is 2.54. The van der Waals surface area contributed by atoms with Gasteiger partial charge in [0.1, 0.15) is 0 Å². The first-order chi connectivity index (χ1) is 5.36. The van der Waals surface area contributed by atoms with Gasteiger partial charge in [-0.3, -0.25) is 4.99 Å². The van der Waals surface area contributed by atoms with Gasteiger partial charge in [-0.25, -0.2) is 0 Å². The summed E-state index contributed by atoms with van der Waals surface area (Å²) in [5.74, 6) is 1.08. The second-order valence-corrected chi connectivity index (χ2v) is 3.75. The Kier molecular flexibility index (Phi) is 1.94. The number of hydrogen-bond acceptors (Lipinski definition) is 4. The molecule has 4 heteroatoms. The Morgan fingerprint density at radius 3 is 3.09 bits per heavy atom. The first-order valence-electron chi connectivity index (χ1n) is 4.07. The number of thiol groups is 1. The molecule has 0 aliphatic carbocycles. The van der Waals surface area contributed by atoms with Crippen molar-refractivity contribution in [1.82, 2.24) is 10.2 Å². The number of aliphatic imine (C=N–C) groups is 1. The van der Waals surface area contributed by atoms with E-state index in [0.717, 1.165) is 32.1 Å². The van der Waals surface area contributed by atoms with Crippen LogP contribution >= 0.6 is 12.6 Å². The van der Waals surface area contributed by atoms with Crippen molar-refractivity contribution < 1.29 is 0 Å². The van der Waals surface area contributed by atoms with Crippen LogP contribution in [0.3, 0.4) is 0 Å². The predicted octanol–water partition coefficient (Wildman–Crippen LogP) is -0.0503. The zero-order valence-electron chi connectivity index (χ0n) is 6.45. The van der Waals surface area contributed by atoms with E-state index in [2.05, 4.69) is 27.8 Å². The Hall–Kier alpha value is -0.380. The molecule has 0 aromatic carbocycles. The smallest absolute Gasteiger partial charge is 0.194 e. The number of nitrogens with one attached hydrogen (secondary N) is 1. The van der Waals surface area contributed by atoms with Gasteiger partial charge in [0, 0.05) is 24.9 Å². The quantitative estimate of drug-likeness (QED) is 0.500. The van der Waals surface area contributed by atoms with E-state index in [-0.39, 0.29) is 0 Å². The molecule has 0 amide bonds. The molecule has 0 saturated carbocycles. The summed E-state index contributed by atoms with van der Waals surface area (Å²) in [5.41, 5.74) is 0. The third-order valence-electron chi connectivity index (χ3n) is 2.12. The Bertz CT molecular complexity index is 181. The third kappa shape index (κ3) is 1.45. The maximum Gasteiger partial charge on any atom is 0.194 e. The Balaban J connectivity index is 1.95. The Morgan fingerprint density at radius 2 is 2.55 bits per heavy atom. The minimum atomic E-state index is 0.542. The van der Waals surface area contributed by atoms with Gasteiger partial charge in [0.15, 0.2) is 5.96 Å². The number of nitrogens with zero attached hydrogens (tertiary/aromatic N) is 2. The normalized spacial score (nSPS) is 30.5. The van der Waals surface area contributed by atoms with Crippen LogP contribution in [0.5, 0.6) is 0 Å². The van der Waals surface area contributed by atoms with Crippen LogP contribution in [-0.2, 0) is 0 Å². The first kappa shape index (κ1) is 7.28. The molecule has 0 spiro atoms. The summed E-state index contributed by atoms with van der Waals surface area (Å²) in [4.78, 5) is 6.63. The minimum Gasteiger partial charge on any atom is -0.354 e. The lowest BCUT2D eigenvalue weighted by Crippen LogP contribution is -2.37. The molecule has 2 aliphatic rings. The van der Waals surface area contributed by atoms with E-state index in [4.69, 9.17) is 0 Å². The molecule has 0 bridgehead atoms. The highest BCUT2D eigenvalue weighted by Gasteiger charge is 2.23. The van der Waals surface area contributed by atoms with Gasteiger partial charge in [0.25, 0.3) is 0 Å². The molecule has 1 N–H and O–H groups in total. The molecule has 0 unspecified atom stereocenters. The van der Waals surface area contributed by atoms with Gasteiger partial charge in [-0.15, -0.1) is 0 Å². The van der Waals surface area contributed by atoms with E-state index in [0.29, 0.717) is 5.25 Å². The van der Waals surface area contributed by atoms with Gasteiger partial charge in [0.2, 0.25) is 0 Å². The summed E-state index contributed by atoms with van der Waals surface area (Å²) in [6.45, 7) is 4.10. The van der Waals surface area contributed by atoms with Crippen LogP contribution in [0, 0.1) is 0 Å². The number of rotatable bonds is 0. The van der Waals surface area contributed by atoms with Crippen LogP contribution in [0.25, 0.3) is 0 Å². The molecule has 2 aliphatic heterocycles. The zero-order valence-corrected chi connectivity index (χ0v) is 7.35. The van der Waals surface area contributed by atoms with E-state index in [1.165, 1.54) is 6.42 Å². The molecular weight excluding hydrogens is 158 g/mol. The summed E-state index contributed by atoms with van der Waals surface area (Å²) >= 11 is 4.42. The van der Waals surface area contributed by atoms with Crippen LogP contribution in [0.4, 0.5) is 0 Å². The van der Waals surface area contributed by atoms with E-state index >= 15 is 0 Å². The fraction of sp³-hybridized carbons (Fsp3) is 0.857. The highest BCUT2D eigenvalue weighted by atomic mass is 32.1. The van der Waals surface area contributed by atoms with Crippen LogP contribution in [0.15, 0.2) is 4.99 Å². The molecule has 0 aromatic heterocycles. The molecular formula is C7H13N3S. The maximum absolute atomic E-state index is 4.42. The average Bonchev–Trinajstić information content (AvgIpc) is 2.55. The molecule has 0 radical (unpaired) electrons. The number of likely N-dealkylation sites (tertiary alicyclic amines) is 1. The monoisotopic (exact) mass is 171 g/mol. The van der Waals surface area contributed by atoms with Crippen molar-refractivity contribution in [3.05, 3.63) is 0 Å². The molecule has 0 aromatic rings. The lowest BCUT2D eigenvalue weighted by Gasteiger charge is -2.16. The summed E-state index contributed by atoms with van der Waals surface area (Å²) in [5, 5.41) is 3.80. The van der Waals surface area contributed by atoms with Gasteiger partial charge >= 0.3 is 0 Å². The summed E-state index contributed by atoms with van der Waals surface area (Å²) < 4.78 is 0. The molecule has 11 heavy (non-hydrogen) atoms. The van der Waals surface area contributed by atoms with Gasteiger partial charge in [-0.1, -0.05) is 0 Å². The zero-order chi connectivity index (χ0) is 7.68. The van der Waals surface area contributed by atoms with Crippen LogP contribution in [0.1, 0.15) is 6.42 Å². The summed E-state index contributed by atoms with van der Waals surface area (Å²) in [7, 11) is 0. The predicted molar refractivity (Wildman–Crippen MR) is 49.3 cm³/mol. The van der Waals surface area contributed by atoms with Crippen LogP contribution < -0.4 is 5.32 Å². The molecule has 62 valence electrons. The Morgan fingerprint density at radius 1 is 1.64 bits per heavy atom. The van der Waals surface area contributed by atoms with Crippen molar-refractivity contribution in [2.75, 3.05) is 26.2 Å². The van der Waals surface area contributed by atoms with Crippen molar-refractivity contribution in [2.45, 2.75) is 11.7 Å². The molecule has 1 saturated heterocycles. The van der Waals surface area contributed by atoms with E-state index in [9.17, 15) is 0 Å². The summed E-state index contributed by atoms with van der Waals surface area (Å²) in [6.07, 6.45) is 1.18. The maximum atomic E-state index is 4.42. The molecule has 2 heterocycles. The lowest BCUT2D eigenvalue weighted by atomic mass is 10.4. The largest absolute Gasteiger partial charge is 0.354 e. The van der Waals surface area contributed by atoms with Crippen molar-refractivity contribution in [2.24, 2.45) is 4.99 Å². The minimum absolute atomic E-state index is 0.542. The SMILES string of the molecule is S[C@H]1CCN(C2=NCCN2)C1. The van der Waals surface area contributed by atoms with Crippen LogP contribution in [0.2, 0.25) is 0 Å². The molecule has 1 atom stereocenters. The van der Waals surface area contributed by atoms with E-state index in [1.807, 2.05) is 0 Å².